The van der Waals surface area contributed by atoms with Crippen LogP contribution in [0.2, 0.25) is 0 Å². The zero-order chi connectivity index (χ0) is 22.6. The molecule has 8 nitrogen and oxygen atoms in total. The monoisotopic (exact) mass is 452 g/mol. The molecule has 0 aliphatic carbocycles. The number of β-lactam (4-membered cyclic amide) rings is 1. The maximum absolute atomic E-state index is 12.9. The fourth-order valence-corrected chi connectivity index (χ4v) is 6.44. The first-order valence-corrected chi connectivity index (χ1v) is 11.7. The van der Waals surface area contributed by atoms with Crippen molar-refractivity contribution in [2.75, 3.05) is 12.0 Å². The van der Waals surface area contributed by atoms with Gasteiger partial charge in [0, 0.05) is 31.0 Å². The van der Waals surface area contributed by atoms with E-state index < -0.39 is 27.3 Å². The second-order valence-corrected chi connectivity index (χ2v) is 10.0. The van der Waals surface area contributed by atoms with E-state index in [2.05, 4.69) is 0 Å². The van der Waals surface area contributed by atoms with Crippen LogP contribution in [0.5, 0.6) is 0 Å². The van der Waals surface area contributed by atoms with Crippen molar-refractivity contribution in [3.63, 3.8) is 0 Å². The van der Waals surface area contributed by atoms with E-state index in [0.29, 0.717) is 17.8 Å². The summed E-state index contributed by atoms with van der Waals surface area (Å²) < 4.78 is 32.9. The highest BCUT2D eigenvalue weighted by molar-refractivity contribution is 7.91. The number of anilines is 1. The Morgan fingerprint density at radius 3 is 2.44 bits per heavy atom. The number of sulfone groups is 1. The van der Waals surface area contributed by atoms with E-state index in [4.69, 9.17) is 9.84 Å². The van der Waals surface area contributed by atoms with Crippen molar-refractivity contribution >= 4 is 27.4 Å². The molecule has 1 fully saturated rings. The fourth-order valence-electron chi connectivity index (χ4n) is 4.49. The standard InChI is InChI=1S/C23H20N2O6S/c1-31-20-21(26)25-19-17(13-32(29,30)22(20)25)12-24(18(19)15-5-3-2-4-6-15)11-14-7-9-16(10-8-14)23(27)28/h2-10,12,20,22H,11,13H2,1H3,(H,27,28). The number of carboxylic acids is 1. The molecule has 32 heavy (non-hydrogen) atoms. The molecule has 1 aromatic heterocycles. The highest BCUT2D eigenvalue weighted by Crippen LogP contribution is 2.47. The fraction of sp³-hybridized carbons (Fsp3) is 0.217. The molecular weight excluding hydrogens is 432 g/mol. The Morgan fingerprint density at radius 2 is 1.81 bits per heavy atom. The Labute approximate surface area is 184 Å². The van der Waals surface area contributed by atoms with Crippen LogP contribution in [0.4, 0.5) is 5.69 Å². The van der Waals surface area contributed by atoms with Gasteiger partial charge in [0.25, 0.3) is 5.91 Å². The number of hydrogen-bond donors (Lipinski definition) is 1. The van der Waals surface area contributed by atoms with E-state index in [1.54, 1.807) is 18.3 Å². The number of carboxylic acid groups (broad SMARTS) is 1. The van der Waals surface area contributed by atoms with Gasteiger partial charge in [-0.3, -0.25) is 9.69 Å². The average Bonchev–Trinajstić information content (AvgIpc) is 3.09. The zero-order valence-electron chi connectivity index (χ0n) is 17.1. The predicted molar refractivity (Wildman–Crippen MR) is 117 cm³/mol. The van der Waals surface area contributed by atoms with Gasteiger partial charge in [-0.25, -0.2) is 13.2 Å². The minimum absolute atomic E-state index is 0.179. The molecule has 1 amide bonds. The van der Waals surface area contributed by atoms with Crippen molar-refractivity contribution in [2.24, 2.45) is 0 Å². The van der Waals surface area contributed by atoms with Gasteiger partial charge in [0.2, 0.25) is 0 Å². The van der Waals surface area contributed by atoms with Crippen LogP contribution >= 0.6 is 0 Å². The van der Waals surface area contributed by atoms with Gasteiger partial charge in [-0.2, -0.15) is 0 Å². The highest BCUT2D eigenvalue weighted by atomic mass is 32.2. The van der Waals surface area contributed by atoms with E-state index in [9.17, 15) is 18.0 Å². The summed E-state index contributed by atoms with van der Waals surface area (Å²) in [4.78, 5) is 25.3. The summed E-state index contributed by atoms with van der Waals surface area (Å²) in [6.45, 7) is 0.386. The van der Waals surface area contributed by atoms with Gasteiger partial charge < -0.3 is 14.4 Å². The van der Waals surface area contributed by atoms with Crippen molar-refractivity contribution < 1.29 is 27.9 Å². The summed E-state index contributed by atoms with van der Waals surface area (Å²) in [5.74, 6) is -1.55. The zero-order valence-corrected chi connectivity index (χ0v) is 18.0. The summed E-state index contributed by atoms with van der Waals surface area (Å²) in [5.41, 5.74) is 3.79. The van der Waals surface area contributed by atoms with Gasteiger partial charge in [-0.1, -0.05) is 42.5 Å². The van der Waals surface area contributed by atoms with Crippen LogP contribution in [0.25, 0.3) is 11.3 Å². The second kappa shape index (κ2) is 7.32. The average molecular weight is 452 g/mol. The Hall–Kier alpha value is -3.43. The van der Waals surface area contributed by atoms with Crippen LogP contribution in [0.15, 0.2) is 60.8 Å². The molecule has 2 aliphatic heterocycles. The molecule has 0 radical (unpaired) electrons. The van der Waals surface area contributed by atoms with Crippen LogP contribution in [0.1, 0.15) is 21.5 Å². The maximum atomic E-state index is 12.9. The van der Waals surface area contributed by atoms with Crippen LogP contribution < -0.4 is 4.90 Å². The van der Waals surface area contributed by atoms with E-state index in [1.807, 2.05) is 34.9 Å². The molecule has 2 aliphatic rings. The molecule has 164 valence electrons. The van der Waals surface area contributed by atoms with Gasteiger partial charge >= 0.3 is 5.97 Å². The van der Waals surface area contributed by atoms with E-state index in [1.165, 1.54) is 24.1 Å². The number of fused-ring (bicyclic) bond motifs is 3. The Bertz CT molecular complexity index is 1330. The highest BCUT2D eigenvalue weighted by Gasteiger charge is 2.59. The van der Waals surface area contributed by atoms with Crippen molar-refractivity contribution in [2.45, 2.75) is 23.8 Å². The SMILES string of the molecule is COC1C(=O)N2c3c(cn(Cc4ccc(C(=O)O)cc4)c3-c3ccccc3)CS(=O)(=O)C12. The number of benzene rings is 2. The van der Waals surface area contributed by atoms with Crippen molar-refractivity contribution in [3.05, 3.63) is 77.5 Å². The number of carbonyl (C=O) groups is 2. The summed E-state index contributed by atoms with van der Waals surface area (Å²) in [7, 11) is -2.26. The summed E-state index contributed by atoms with van der Waals surface area (Å²) in [6.07, 6.45) is 0.771. The van der Waals surface area contributed by atoms with E-state index >= 15 is 0 Å². The van der Waals surface area contributed by atoms with E-state index in [-0.39, 0.29) is 17.2 Å². The molecule has 0 saturated carbocycles. The van der Waals surface area contributed by atoms with Crippen LogP contribution in [-0.2, 0) is 31.7 Å². The molecule has 3 aromatic rings. The molecule has 0 bridgehead atoms. The van der Waals surface area contributed by atoms with Gasteiger partial charge in [-0.15, -0.1) is 0 Å². The first kappa shape index (κ1) is 20.5. The molecule has 3 heterocycles. The van der Waals surface area contributed by atoms with Gasteiger partial charge in [-0.05, 0) is 17.7 Å². The van der Waals surface area contributed by atoms with Crippen molar-refractivity contribution in [1.82, 2.24) is 4.57 Å². The Kier molecular flexibility index (Phi) is 4.68. The lowest BCUT2D eigenvalue weighted by atomic mass is 10.0. The van der Waals surface area contributed by atoms with Crippen molar-refractivity contribution in [3.8, 4) is 11.3 Å². The molecule has 0 spiro atoms. The molecule has 5 rings (SSSR count). The van der Waals surface area contributed by atoms with Crippen LogP contribution in [0.3, 0.4) is 0 Å². The number of aromatic nitrogens is 1. The lowest BCUT2D eigenvalue weighted by molar-refractivity contribution is -0.136. The Balaban J connectivity index is 1.65. The largest absolute Gasteiger partial charge is 0.478 e. The predicted octanol–water partition coefficient (Wildman–Crippen LogP) is 2.52. The molecule has 2 unspecified atom stereocenters. The third kappa shape index (κ3) is 3.04. The number of rotatable bonds is 5. The summed E-state index contributed by atoms with van der Waals surface area (Å²) in [6, 6.07) is 16.0. The second-order valence-electron chi connectivity index (χ2n) is 7.91. The van der Waals surface area contributed by atoms with E-state index in [0.717, 1.165) is 16.8 Å². The first-order valence-electron chi connectivity index (χ1n) is 9.99. The molecule has 2 aromatic carbocycles. The number of carbonyl (C=O) groups excluding carboxylic acids is 1. The lowest BCUT2D eigenvalue weighted by Gasteiger charge is -2.47. The molecular formula is C23H20N2O6S. The normalized spacial score (nSPS) is 20.9. The number of methoxy groups -OCH3 is 1. The number of aromatic carboxylic acids is 1. The van der Waals surface area contributed by atoms with Crippen LogP contribution in [-0.4, -0.2) is 48.6 Å². The number of hydrogen-bond acceptors (Lipinski definition) is 5. The minimum Gasteiger partial charge on any atom is -0.478 e. The topological polar surface area (TPSA) is 106 Å². The van der Waals surface area contributed by atoms with Crippen molar-refractivity contribution in [1.29, 1.82) is 0 Å². The summed E-state index contributed by atoms with van der Waals surface area (Å²) >= 11 is 0. The lowest BCUT2D eigenvalue weighted by Crippen LogP contribution is -2.70. The number of ether oxygens (including phenoxy) is 1. The third-order valence-electron chi connectivity index (χ3n) is 5.94. The Morgan fingerprint density at radius 1 is 1.12 bits per heavy atom. The van der Waals surface area contributed by atoms with Crippen LogP contribution in [0, 0.1) is 0 Å². The van der Waals surface area contributed by atoms with Gasteiger partial charge in [0.15, 0.2) is 21.3 Å². The first-order chi connectivity index (χ1) is 15.3. The molecule has 9 heteroatoms. The summed E-state index contributed by atoms with van der Waals surface area (Å²) in [5, 5.41) is 8.11. The quantitative estimate of drug-likeness (QED) is 0.597. The third-order valence-corrected chi connectivity index (χ3v) is 7.85. The van der Waals surface area contributed by atoms with Gasteiger partial charge in [0.1, 0.15) is 0 Å². The molecule has 2 atom stereocenters. The smallest absolute Gasteiger partial charge is 0.335 e. The van der Waals surface area contributed by atoms with Gasteiger partial charge in [0.05, 0.1) is 22.7 Å². The molecule has 1 saturated heterocycles. The minimum atomic E-state index is -3.60. The molecule has 1 N–H and O–H groups in total. The maximum Gasteiger partial charge on any atom is 0.335 e. The number of nitrogens with zero attached hydrogens (tertiary/aromatic N) is 2. The number of amides is 1.